The number of unbranched alkanes of at least 4 members (excludes halogenated alkanes) is 2. The Labute approximate surface area is 187 Å². The number of nitrogens with one attached hydrogen (secondary N) is 1. The highest BCUT2D eigenvalue weighted by molar-refractivity contribution is 5.97. The molecule has 1 aromatic heterocycles. The van der Waals surface area contributed by atoms with Crippen molar-refractivity contribution in [1.29, 1.82) is 0 Å². The van der Waals surface area contributed by atoms with Crippen LogP contribution < -0.4 is 20.3 Å². The highest BCUT2D eigenvalue weighted by Crippen LogP contribution is 2.32. The summed E-state index contributed by atoms with van der Waals surface area (Å²) in [5, 5.41) is 3.49. The first-order valence-corrected chi connectivity index (χ1v) is 10.8. The molecule has 0 aliphatic heterocycles. The highest BCUT2D eigenvalue weighted by Gasteiger charge is 2.16. The van der Waals surface area contributed by atoms with Gasteiger partial charge in [-0.15, -0.1) is 0 Å². The van der Waals surface area contributed by atoms with Crippen molar-refractivity contribution in [3.63, 3.8) is 0 Å². The Hall–Kier alpha value is -3.35. The number of hydrogen-bond donors (Lipinski definition) is 1. The maximum atomic E-state index is 13.0. The van der Waals surface area contributed by atoms with E-state index in [-0.39, 0.29) is 11.4 Å². The predicted octanol–water partition coefficient (Wildman–Crippen LogP) is 4.23. The van der Waals surface area contributed by atoms with Crippen LogP contribution in [0.2, 0.25) is 0 Å². The summed E-state index contributed by atoms with van der Waals surface area (Å²) in [4.78, 5) is 25.5. The average molecular weight is 441 g/mol. The molecular formula is C25H29FN2O4. The van der Waals surface area contributed by atoms with Crippen molar-refractivity contribution in [2.75, 3.05) is 20.3 Å². The van der Waals surface area contributed by atoms with E-state index in [9.17, 15) is 14.0 Å². The molecule has 7 heteroatoms. The molecule has 0 saturated carbocycles. The quantitative estimate of drug-likeness (QED) is 0.479. The van der Waals surface area contributed by atoms with E-state index < -0.39 is 11.5 Å². The molecule has 0 atom stereocenters. The summed E-state index contributed by atoms with van der Waals surface area (Å²) in [7, 11) is 3.18. The molecule has 2 aromatic carbocycles. The van der Waals surface area contributed by atoms with E-state index in [4.69, 9.17) is 9.47 Å². The van der Waals surface area contributed by atoms with Crippen LogP contribution in [0.15, 0.2) is 47.3 Å². The second kappa shape index (κ2) is 10.8. The molecule has 3 aromatic rings. The number of rotatable bonds is 10. The van der Waals surface area contributed by atoms with Gasteiger partial charge < -0.3 is 19.4 Å². The fourth-order valence-electron chi connectivity index (χ4n) is 3.51. The number of carbonyl (C=O) groups excluding carboxylic acids is 1. The summed E-state index contributed by atoms with van der Waals surface area (Å²) in [6.45, 7) is 3.03. The number of nitrogens with zero attached hydrogens (tertiary/aromatic N) is 1. The molecule has 0 radical (unpaired) electrons. The number of benzene rings is 2. The van der Waals surface area contributed by atoms with E-state index in [1.165, 1.54) is 16.7 Å². The zero-order valence-electron chi connectivity index (χ0n) is 18.7. The van der Waals surface area contributed by atoms with Gasteiger partial charge in [0, 0.05) is 25.0 Å². The minimum Gasteiger partial charge on any atom is -0.493 e. The number of aromatic nitrogens is 1. The molecular weight excluding hydrogens is 411 g/mol. The SMILES string of the molecule is CCCCCOc1cc2cc(C(=O)NCCc3ccc(F)cc3)c(=O)n(C)c2cc1OC. The van der Waals surface area contributed by atoms with E-state index in [2.05, 4.69) is 12.2 Å². The first-order chi connectivity index (χ1) is 15.4. The van der Waals surface area contributed by atoms with Crippen LogP contribution in [0.1, 0.15) is 42.1 Å². The minimum atomic E-state index is -0.448. The number of fused-ring (bicyclic) bond motifs is 1. The fourth-order valence-corrected chi connectivity index (χ4v) is 3.51. The molecule has 3 rings (SSSR count). The summed E-state index contributed by atoms with van der Waals surface area (Å²) in [5.74, 6) is 0.372. The third kappa shape index (κ3) is 5.46. The Morgan fingerprint density at radius 3 is 2.53 bits per heavy atom. The topological polar surface area (TPSA) is 69.6 Å². The number of amides is 1. The monoisotopic (exact) mass is 440 g/mol. The molecule has 0 aliphatic carbocycles. The smallest absolute Gasteiger partial charge is 0.263 e. The Balaban J connectivity index is 1.81. The van der Waals surface area contributed by atoms with Gasteiger partial charge in [0.25, 0.3) is 11.5 Å². The maximum absolute atomic E-state index is 13.0. The Bertz CT molecular complexity index is 1140. The van der Waals surface area contributed by atoms with Gasteiger partial charge in [-0.25, -0.2) is 4.39 Å². The zero-order chi connectivity index (χ0) is 23.1. The lowest BCUT2D eigenvalue weighted by Gasteiger charge is -2.15. The highest BCUT2D eigenvalue weighted by atomic mass is 19.1. The van der Waals surface area contributed by atoms with Gasteiger partial charge in [0.1, 0.15) is 11.4 Å². The van der Waals surface area contributed by atoms with Gasteiger partial charge in [-0.2, -0.15) is 0 Å². The van der Waals surface area contributed by atoms with Crippen LogP contribution in [0, 0.1) is 5.82 Å². The van der Waals surface area contributed by atoms with Crippen LogP contribution in [0.25, 0.3) is 10.9 Å². The molecule has 170 valence electrons. The molecule has 6 nitrogen and oxygen atoms in total. The van der Waals surface area contributed by atoms with E-state index >= 15 is 0 Å². The number of methoxy groups -OCH3 is 1. The van der Waals surface area contributed by atoms with Gasteiger partial charge in [-0.05, 0) is 42.7 Å². The number of carbonyl (C=O) groups is 1. The molecule has 0 saturated heterocycles. The molecule has 32 heavy (non-hydrogen) atoms. The minimum absolute atomic E-state index is 0.0567. The van der Waals surface area contributed by atoms with Crippen LogP contribution in [-0.4, -0.2) is 30.7 Å². The molecule has 1 heterocycles. The van der Waals surface area contributed by atoms with Crippen LogP contribution in [0.4, 0.5) is 4.39 Å². The first-order valence-electron chi connectivity index (χ1n) is 10.8. The van der Waals surface area contributed by atoms with Crippen molar-refractivity contribution in [2.24, 2.45) is 7.05 Å². The third-order valence-electron chi connectivity index (χ3n) is 5.37. The molecule has 0 spiro atoms. The summed E-state index contributed by atoms with van der Waals surface area (Å²) >= 11 is 0. The summed E-state index contributed by atoms with van der Waals surface area (Å²) in [5.41, 5.74) is 1.21. The van der Waals surface area contributed by atoms with Crippen LogP contribution >= 0.6 is 0 Å². The van der Waals surface area contributed by atoms with Gasteiger partial charge in [0.15, 0.2) is 11.5 Å². The van der Waals surface area contributed by atoms with Gasteiger partial charge in [-0.1, -0.05) is 31.9 Å². The lowest BCUT2D eigenvalue weighted by molar-refractivity contribution is 0.0952. The zero-order valence-corrected chi connectivity index (χ0v) is 18.7. The van der Waals surface area contributed by atoms with Crippen LogP contribution in [0.3, 0.4) is 0 Å². The van der Waals surface area contributed by atoms with Gasteiger partial charge in [-0.3, -0.25) is 9.59 Å². The second-order valence-corrected chi connectivity index (χ2v) is 7.67. The number of hydrogen-bond acceptors (Lipinski definition) is 4. The molecule has 1 amide bonds. The van der Waals surface area contributed by atoms with Gasteiger partial charge >= 0.3 is 0 Å². The van der Waals surface area contributed by atoms with Crippen molar-refractivity contribution < 1.29 is 18.7 Å². The fraction of sp³-hybridized carbons (Fsp3) is 0.360. The van der Waals surface area contributed by atoms with Crippen molar-refractivity contribution in [1.82, 2.24) is 9.88 Å². The third-order valence-corrected chi connectivity index (χ3v) is 5.37. The largest absolute Gasteiger partial charge is 0.493 e. The van der Waals surface area contributed by atoms with Crippen LogP contribution in [0.5, 0.6) is 11.5 Å². The van der Waals surface area contributed by atoms with E-state index in [0.29, 0.717) is 42.0 Å². The lowest BCUT2D eigenvalue weighted by atomic mass is 10.1. The van der Waals surface area contributed by atoms with Gasteiger partial charge in [0.05, 0.1) is 19.2 Å². The van der Waals surface area contributed by atoms with Gasteiger partial charge in [0.2, 0.25) is 0 Å². The van der Waals surface area contributed by atoms with Crippen molar-refractivity contribution >= 4 is 16.8 Å². The van der Waals surface area contributed by atoms with E-state index in [1.54, 1.807) is 44.5 Å². The van der Waals surface area contributed by atoms with Crippen molar-refractivity contribution in [3.8, 4) is 11.5 Å². The number of ether oxygens (including phenoxy) is 2. The Kier molecular flexibility index (Phi) is 7.87. The van der Waals surface area contributed by atoms with Crippen molar-refractivity contribution in [2.45, 2.75) is 32.6 Å². The molecule has 1 N–H and O–H groups in total. The van der Waals surface area contributed by atoms with Crippen molar-refractivity contribution in [3.05, 3.63) is 69.8 Å². The first kappa shape index (κ1) is 23.3. The van der Waals surface area contributed by atoms with E-state index in [1.807, 2.05) is 0 Å². The number of aryl methyl sites for hydroxylation is 1. The summed E-state index contributed by atoms with van der Waals surface area (Å²) in [6, 6.07) is 11.2. The summed E-state index contributed by atoms with van der Waals surface area (Å²) in [6.07, 6.45) is 3.64. The summed E-state index contributed by atoms with van der Waals surface area (Å²) < 4.78 is 25.8. The average Bonchev–Trinajstić information content (AvgIpc) is 2.80. The van der Waals surface area contributed by atoms with Crippen LogP contribution in [-0.2, 0) is 13.5 Å². The predicted molar refractivity (Wildman–Crippen MR) is 123 cm³/mol. The molecule has 0 bridgehead atoms. The Morgan fingerprint density at radius 1 is 1.09 bits per heavy atom. The standard InChI is InChI=1S/C25H29FN2O4/c1-4-5-6-13-32-23-15-18-14-20(25(30)28(2)21(18)16-22(23)31-3)24(29)27-12-11-17-7-9-19(26)10-8-17/h7-10,14-16H,4-6,11-13H2,1-3H3,(H,27,29). The second-order valence-electron chi connectivity index (χ2n) is 7.67. The molecule has 0 unspecified atom stereocenters. The lowest BCUT2D eigenvalue weighted by Crippen LogP contribution is -2.33. The molecule has 0 aliphatic rings. The maximum Gasteiger partial charge on any atom is 0.263 e. The normalized spacial score (nSPS) is 10.9. The molecule has 0 fully saturated rings. The number of pyridine rings is 1. The Morgan fingerprint density at radius 2 is 1.84 bits per heavy atom. The number of halogens is 1. The van der Waals surface area contributed by atoms with E-state index in [0.717, 1.165) is 24.8 Å².